The van der Waals surface area contributed by atoms with Crippen LogP contribution in [0.2, 0.25) is 0 Å². The van der Waals surface area contributed by atoms with E-state index in [0.29, 0.717) is 12.4 Å². The molecule has 5 nitrogen and oxygen atoms in total. The quantitative estimate of drug-likeness (QED) is 0.769. The Bertz CT molecular complexity index is 656. The second kappa shape index (κ2) is 6.71. The van der Waals surface area contributed by atoms with E-state index in [9.17, 15) is 4.79 Å². The van der Waals surface area contributed by atoms with Crippen molar-refractivity contribution >= 4 is 5.91 Å². The summed E-state index contributed by atoms with van der Waals surface area (Å²) in [6.07, 6.45) is -0.586. The molecule has 2 atom stereocenters. The number of carbonyl (C=O) groups is 1. The maximum absolute atomic E-state index is 12.3. The van der Waals surface area contributed by atoms with Gasteiger partial charge in [-0.1, -0.05) is 30.3 Å². The number of nitrogens with zero attached hydrogens (tertiary/aromatic N) is 1. The summed E-state index contributed by atoms with van der Waals surface area (Å²) in [6.45, 7) is 2.28. The van der Waals surface area contributed by atoms with Crippen molar-refractivity contribution in [1.29, 1.82) is 0 Å². The molecule has 1 aliphatic rings. The summed E-state index contributed by atoms with van der Waals surface area (Å²) in [7, 11) is 1.62. The fourth-order valence-electron chi connectivity index (χ4n) is 2.59. The van der Waals surface area contributed by atoms with Crippen LogP contribution in [0.4, 0.5) is 0 Å². The van der Waals surface area contributed by atoms with Gasteiger partial charge in [-0.2, -0.15) is 0 Å². The molecule has 120 valence electrons. The van der Waals surface area contributed by atoms with Gasteiger partial charge in [-0.25, -0.2) is 5.06 Å². The Morgan fingerprint density at radius 1 is 1.00 bits per heavy atom. The largest absolute Gasteiger partial charge is 0.497 e. The lowest BCUT2D eigenvalue weighted by Gasteiger charge is -2.44. The highest BCUT2D eigenvalue weighted by Gasteiger charge is 2.51. The van der Waals surface area contributed by atoms with Crippen LogP contribution in [0.25, 0.3) is 0 Å². The molecule has 0 spiro atoms. The Labute approximate surface area is 135 Å². The highest BCUT2D eigenvalue weighted by atomic mass is 16.7. The molecule has 1 saturated heterocycles. The zero-order valence-corrected chi connectivity index (χ0v) is 13.1. The van der Waals surface area contributed by atoms with Crippen LogP contribution in [0.1, 0.15) is 18.5 Å². The lowest BCUT2D eigenvalue weighted by molar-refractivity contribution is -0.250. The molecular weight excluding hydrogens is 294 g/mol. The van der Waals surface area contributed by atoms with Crippen LogP contribution in [0.3, 0.4) is 0 Å². The van der Waals surface area contributed by atoms with Gasteiger partial charge in [-0.15, -0.1) is 0 Å². The minimum absolute atomic E-state index is 0.170. The topological polar surface area (TPSA) is 48.0 Å². The maximum atomic E-state index is 12.3. The second-order valence-corrected chi connectivity index (χ2v) is 5.15. The first kappa shape index (κ1) is 15.4. The van der Waals surface area contributed by atoms with Crippen LogP contribution in [-0.4, -0.2) is 30.8 Å². The van der Waals surface area contributed by atoms with Crippen LogP contribution in [0.15, 0.2) is 54.6 Å². The number of rotatable bonds is 6. The van der Waals surface area contributed by atoms with Gasteiger partial charge in [0.1, 0.15) is 17.5 Å². The summed E-state index contributed by atoms with van der Waals surface area (Å²) in [5.41, 5.74) is 0.944. The van der Waals surface area contributed by atoms with E-state index in [1.54, 1.807) is 7.11 Å². The molecule has 0 N–H and O–H groups in total. The third kappa shape index (κ3) is 3.00. The van der Waals surface area contributed by atoms with E-state index in [1.165, 1.54) is 5.06 Å². The number of hydrogen-bond donors (Lipinski definition) is 0. The first-order chi connectivity index (χ1) is 11.2. The third-order valence-corrected chi connectivity index (χ3v) is 3.73. The molecule has 0 saturated carbocycles. The van der Waals surface area contributed by atoms with Crippen LogP contribution >= 0.6 is 0 Å². The van der Waals surface area contributed by atoms with Crippen LogP contribution in [-0.2, 0) is 9.63 Å². The predicted molar refractivity (Wildman–Crippen MR) is 85.1 cm³/mol. The first-order valence-corrected chi connectivity index (χ1v) is 7.56. The van der Waals surface area contributed by atoms with Gasteiger partial charge in [0.2, 0.25) is 6.10 Å². The third-order valence-electron chi connectivity index (χ3n) is 3.73. The number of hydrogen-bond acceptors (Lipinski definition) is 4. The minimum atomic E-state index is -0.586. The normalized spacial score (nSPS) is 20.1. The monoisotopic (exact) mass is 313 g/mol. The fourth-order valence-corrected chi connectivity index (χ4v) is 2.59. The molecule has 0 unspecified atom stereocenters. The molecule has 0 radical (unpaired) electrons. The summed E-state index contributed by atoms with van der Waals surface area (Å²) >= 11 is 0. The number of hydroxylamine groups is 2. The molecular formula is C18H19NO4. The molecule has 1 amide bonds. The van der Waals surface area contributed by atoms with Crippen molar-refractivity contribution in [2.75, 3.05) is 13.7 Å². The van der Waals surface area contributed by atoms with Crippen molar-refractivity contribution in [2.24, 2.45) is 0 Å². The van der Waals surface area contributed by atoms with Crippen molar-refractivity contribution in [2.45, 2.75) is 19.1 Å². The number of ether oxygens (including phenoxy) is 2. The van der Waals surface area contributed by atoms with Gasteiger partial charge in [0.15, 0.2) is 0 Å². The standard InChI is InChI=1S/C18H19NO4/c1-3-22-19-16(13-9-11-14(21-2)12-10-13)17(18(19)20)23-15-7-5-4-6-8-15/h4-12,16-17H,3H2,1-2H3/t16-,17-/m0/s1. The number of methoxy groups -OCH3 is 1. The summed E-state index contributed by atoms with van der Waals surface area (Å²) in [5, 5.41) is 1.38. The van der Waals surface area contributed by atoms with Gasteiger partial charge < -0.3 is 9.47 Å². The molecule has 2 aromatic rings. The summed E-state index contributed by atoms with van der Waals surface area (Å²) < 4.78 is 11.0. The average molecular weight is 313 g/mol. The number of benzene rings is 2. The smallest absolute Gasteiger partial charge is 0.290 e. The molecule has 0 bridgehead atoms. The highest BCUT2D eigenvalue weighted by molar-refractivity contribution is 5.88. The van der Waals surface area contributed by atoms with Crippen LogP contribution in [0.5, 0.6) is 11.5 Å². The molecule has 23 heavy (non-hydrogen) atoms. The van der Waals surface area contributed by atoms with E-state index >= 15 is 0 Å². The Hall–Kier alpha value is -2.53. The predicted octanol–water partition coefficient (Wildman–Crippen LogP) is 2.98. The van der Waals surface area contributed by atoms with Crippen molar-refractivity contribution < 1.29 is 19.1 Å². The fraction of sp³-hybridized carbons (Fsp3) is 0.278. The van der Waals surface area contributed by atoms with Gasteiger partial charge in [0.05, 0.1) is 13.7 Å². The number of carbonyl (C=O) groups excluding carboxylic acids is 1. The summed E-state index contributed by atoms with van der Waals surface area (Å²) in [5.74, 6) is 1.26. The van der Waals surface area contributed by atoms with Crippen molar-refractivity contribution in [3.63, 3.8) is 0 Å². The van der Waals surface area contributed by atoms with Gasteiger partial charge >= 0.3 is 0 Å². The van der Waals surface area contributed by atoms with Gasteiger partial charge in [-0.05, 0) is 36.8 Å². The minimum Gasteiger partial charge on any atom is -0.497 e. The number of β-lactam (4-membered cyclic amide) rings is 1. The maximum Gasteiger partial charge on any atom is 0.290 e. The first-order valence-electron chi connectivity index (χ1n) is 7.56. The molecule has 0 aromatic heterocycles. The van der Waals surface area contributed by atoms with Crippen molar-refractivity contribution in [1.82, 2.24) is 5.06 Å². The van der Waals surface area contributed by atoms with E-state index in [0.717, 1.165) is 11.3 Å². The Morgan fingerprint density at radius 3 is 2.30 bits per heavy atom. The zero-order chi connectivity index (χ0) is 16.2. The van der Waals surface area contributed by atoms with E-state index in [2.05, 4.69) is 0 Å². The van der Waals surface area contributed by atoms with Gasteiger partial charge in [0.25, 0.3) is 5.91 Å². The lowest BCUT2D eigenvalue weighted by Crippen LogP contribution is -2.60. The molecule has 1 fully saturated rings. The second-order valence-electron chi connectivity index (χ2n) is 5.15. The van der Waals surface area contributed by atoms with E-state index in [-0.39, 0.29) is 11.9 Å². The van der Waals surface area contributed by atoms with Crippen LogP contribution in [0, 0.1) is 0 Å². The van der Waals surface area contributed by atoms with E-state index in [1.807, 2.05) is 61.5 Å². The number of para-hydroxylation sites is 1. The SMILES string of the molecule is CCON1C(=O)[C@@H](Oc2ccccc2)[C@@H]1c1ccc(OC)cc1. The highest BCUT2D eigenvalue weighted by Crippen LogP contribution is 2.38. The Morgan fingerprint density at radius 2 is 1.70 bits per heavy atom. The molecule has 3 rings (SSSR count). The Balaban J connectivity index is 1.83. The van der Waals surface area contributed by atoms with Crippen molar-refractivity contribution in [3.8, 4) is 11.5 Å². The Kier molecular flexibility index (Phi) is 4.48. The molecule has 0 aliphatic carbocycles. The zero-order valence-electron chi connectivity index (χ0n) is 13.1. The molecule has 1 aliphatic heterocycles. The van der Waals surface area contributed by atoms with E-state index < -0.39 is 6.10 Å². The van der Waals surface area contributed by atoms with Crippen LogP contribution < -0.4 is 9.47 Å². The average Bonchev–Trinajstić information content (AvgIpc) is 2.61. The van der Waals surface area contributed by atoms with Gasteiger partial charge in [0, 0.05) is 0 Å². The van der Waals surface area contributed by atoms with Gasteiger partial charge in [-0.3, -0.25) is 9.63 Å². The number of amides is 1. The molecule has 5 heteroatoms. The lowest BCUT2D eigenvalue weighted by atomic mass is 9.93. The molecule has 2 aromatic carbocycles. The van der Waals surface area contributed by atoms with Crippen molar-refractivity contribution in [3.05, 3.63) is 60.2 Å². The summed E-state index contributed by atoms with van der Waals surface area (Å²) in [4.78, 5) is 17.8. The molecule has 1 heterocycles. The van der Waals surface area contributed by atoms with E-state index in [4.69, 9.17) is 14.3 Å². The summed E-state index contributed by atoms with van der Waals surface area (Å²) in [6, 6.07) is 16.6.